The summed E-state index contributed by atoms with van der Waals surface area (Å²) in [6.45, 7) is 5.02. The molecule has 5 nitrogen and oxygen atoms in total. The Morgan fingerprint density at radius 3 is 2.65 bits per heavy atom. The predicted molar refractivity (Wildman–Crippen MR) is 68.0 cm³/mol. The van der Waals surface area contributed by atoms with E-state index in [1.807, 2.05) is 19.9 Å². The van der Waals surface area contributed by atoms with Gasteiger partial charge in [0.15, 0.2) is 0 Å². The average molecular weight is 237 g/mol. The lowest BCUT2D eigenvalue weighted by molar-refractivity contribution is 0.188. The second-order valence-corrected chi connectivity index (χ2v) is 4.64. The molecule has 0 bridgehead atoms. The summed E-state index contributed by atoms with van der Waals surface area (Å²) < 4.78 is 5.64. The van der Waals surface area contributed by atoms with Gasteiger partial charge < -0.3 is 21.5 Å². The molecule has 1 rings (SSSR count). The second-order valence-electron chi connectivity index (χ2n) is 4.64. The molecule has 0 heterocycles. The number of hydrogen-bond donors (Lipinski definition) is 3. The first-order chi connectivity index (χ1) is 7.94. The fraction of sp³-hybridized carbons (Fsp3) is 0.417. The first kappa shape index (κ1) is 13.3. The van der Waals surface area contributed by atoms with E-state index < -0.39 is 6.03 Å². The number of para-hydroxylation sites is 2. The monoisotopic (exact) mass is 237 g/mol. The molecule has 0 saturated heterocycles. The molecule has 0 spiro atoms. The van der Waals surface area contributed by atoms with Gasteiger partial charge in [0, 0.05) is 12.0 Å². The Balaban J connectivity index is 2.73. The molecule has 0 atom stereocenters. The van der Waals surface area contributed by atoms with Gasteiger partial charge in [-0.3, -0.25) is 0 Å². The van der Waals surface area contributed by atoms with Crippen LogP contribution in [0.5, 0.6) is 5.75 Å². The summed E-state index contributed by atoms with van der Waals surface area (Å²) in [4.78, 5) is 10.8. The van der Waals surface area contributed by atoms with Crippen LogP contribution in [0.25, 0.3) is 0 Å². The third kappa shape index (κ3) is 4.32. The number of anilines is 1. The highest BCUT2D eigenvalue weighted by Gasteiger charge is 2.17. The third-order valence-corrected chi connectivity index (χ3v) is 2.32. The first-order valence-corrected chi connectivity index (χ1v) is 5.43. The summed E-state index contributed by atoms with van der Waals surface area (Å²) >= 11 is 0. The van der Waals surface area contributed by atoms with Crippen molar-refractivity contribution in [1.29, 1.82) is 0 Å². The standard InChI is InChI=1S/C12H19N3O2/c1-12(2,7-13)8-17-10-6-4-3-5-9(10)15-11(14)16/h3-6H,7-8,13H2,1-2H3,(H3,14,15,16). The second kappa shape index (κ2) is 5.54. The highest BCUT2D eigenvalue weighted by atomic mass is 16.5. The molecule has 2 amide bonds. The lowest BCUT2D eigenvalue weighted by Crippen LogP contribution is -2.30. The highest BCUT2D eigenvalue weighted by Crippen LogP contribution is 2.25. The Hall–Kier alpha value is -1.75. The van der Waals surface area contributed by atoms with Crippen LogP contribution in [0.1, 0.15) is 13.8 Å². The number of benzene rings is 1. The molecule has 0 aliphatic heterocycles. The van der Waals surface area contributed by atoms with Crippen molar-refractivity contribution in [3.05, 3.63) is 24.3 Å². The van der Waals surface area contributed by atoms with Gasteiger partial charge in [0.1, 0.15) is 5.75 Å². The van der Waals surface area contributed by atoms with Gasteiger partial charge in [-0.2, -0.15) is 0 Å². The third-order valence-electron chi connectivity index (χ3n) is 2.32. The van der Waals surface area contributed by atoms with Crippen molar-refractivity contribution in [2.24, 2.45) is 16.9 Å². The van der Waals surface area contributed by atoms with Crippen LogP contribution in [0.3, 0.4) is 0 Å². The van der Waals surface area contributed by atoms with E-state index in [4.69, 9.17) is 16.2 Å². The minimum Gasteiger partial charge on any atom is -0.491 e. The molecule has 94 valence electrons. The van der Waals surface area contributed by atoms with Crippen molar-refractivity contribution in [2.45, 2.75) is 13.8 Å². The van der Waals surface area contributed by atoms with E-state index in [9.17, 15) is 4.79 Å². The van der Waals surface area contributed by atoms with Crippen LogP contribution in [-0.2, 0) is 0 Å². The summed E-state index contributed by atoms with van der Waals surface area (Å²) in [6.07, 6.45) is 0. The van der Waals surface area contributed by atoms with Crippen molar-refractivity contribution in [3.63, 3.8) is 0 Å². The fourth-order valence-corrected chi connectivity index (χ4v) is 1.16. The number of urea groups is 1. The van der Waals surface area contributed by atoms with Gasteiger partial charge in [-0.15, -0.1) is 0 Å². The number of nitrogens with two attached hydrogens (primary N) is 2. The zero-order valence-corrected chi connectivity index (χ0v) is 10.2. The van der Waals surface area contributed by atoms with Crippen molar-refractivity contribution in [3.8, 4) is 5.75 Å². The number of carbonyl (C=O) groups excluding carboxylic acids is 1. The van der Waals surface area contributed by atoms with Crippen LogP contribution < -0.4 is 21.5 Å². The molecular weight excluding hydrogens is 218 g/mol. The molecule has 5 heteroatoms. The lowest BCUT2D eigenvalue weighted by atomic mass is 9.95. The zero-order valence-electron chi connectivity index (χ0n) is 10.2. The fourth-order valence-electron chi connectivity index (χ4n) is 1.16. The van der Waals surface area contributed by atoms with Gasteiger partial charge >= 0.3 is 6.03 Å². The molecule has 0 aliphatic carbocycles. The number of rotatable bonds is 5. The number of hydrogen-bond acceptors (Lipinski definition) is 3. The van der Waals surface area contributed by atoms with Crippen LogP contribution in [0.2, 0.25) is 0 Å². The summed E-state index contributed by atoms with van der Waals surface area (Å²) in [5.74, 6) is 0.591. The molecule has 5 N–H and O–H groups in total. The van der Waals surface area contributed by atoms with Crippen LogP contribution in [-0.4, -0.2) is 19.2 Å². The van der Waals surface area contributed by atoms with E-state index in [0.717, 1.165) is 0 Å². The number of primary amides is 1. The largest absolute Gasteiger partial charge is 0.491 e. The van der Waals surface area contributed by atoms with Gasteiger partial charge in [-0.05, 0) is 12.1 Å². The topological polar surface area (TPSA) is 90.4 Å². The summed E-state index contributed by atoms with van der Waals surface area (Å²) in [5, 5.41) is 2.51. The maximum absolute atomic E-state index is 10.8. The molecule has 17 heavy (non-hydrogen) atoms. The Kier molecular flexibility index (Phi) is 4.34. The molecule has 0 aromatic heterocycles. The van der Waals surface area contributed by atoms with Crippen LogP contribution in [0, 0.1) is 5.41 Å². The SMILES string of the molecule is CC(C)(CN)COc1ccccc1NC(N)=O. The minimum absolute atomic E-state index is 0.111. The van der Waals surface area contributed by atoms with Gasteiger partial charge in [0.05, 0.1) is 12.3 Å². The summed E-state index contributed by atoms with van der Waals surface area (Å²) in [6, 6.07) is 6.52. The van der Waals surface area contributed by atoms with Gasteiger partial charge in [0.2, 0.25) is 0 Å². The van der Waals surface area contributed by atoms with Gasteiger partial charge in [-0.25, -0.2) is 4.79 Å². The Labute approximate surface area is 101 Å². The van der Waals surface area contributed by atoms with Crippen molar-refractivity contribution < 1.29 is 9.53 Å². The Bertz CT molecular complexity index is 391. The number of carbonyl (C=O) groups is 1. The smallest absolute Gasteiger partial charge is 0.316 e. The van der Waals surface area contributed by atoms with E-state index in [2.05, 4.69) is 5.32 Å². The number of amides is 2. The number of ether oxygens (including phenoxy) is 1. The van der Waals surface area contributed by atoms with E-state index in [0.29, 0.717) is 24.6 Å². The molecule has 0 unspecified atom stereocenters. The summed E-state index contributed by atoms with van der Waals surface area (Å²) in [7, 11) is 0. The normalized spacial score (nSPS) is 11.0. The van der Waals surface area contributed by atoms with E-state index in [-0.39, 0.29) is 5.41 Å². The molecule has 0 saturated carbocycles. The lowest BCUT2D eigenvalue weighted by Gasteiger charge is -2.23. The Morgan fingerprint density at radius 1 is 1.41 bits per heavy atom. The maximum atomic E-state index is 10.8. The quantitative estimate of drug-likeness (QED) is 0.725. The zero-order chi connectivity index (χ0) is 12.9. The maximum Gasteiger partial charge on any atom is 0.316 e. The molecule has 0 radical (unpaired) electrons. The molecule has 0 fully saturated rings. The van der Waals surface area contributed by atoms with Crippen molar-refractivity contribution in [1.82, 2.24) is 0 Å². The van der Waals surface area contributed by atoms with Crippen molar-refractivity contribution in [2.75, 3.05) is 18.5 Å². The highest BCUT2D eigenvalue weighted by molar-refractivity contribution is 5.89. The minimum atomic E-state index is -0.612. The van der Waals surface area contributed by atoms with Crippen LogP contribution >= 0.6 is 0 Å². The molecule has 1 aromatic carbocycles. The van der Waals surface area contributed by atoms with Crippen LogP contribution in [0.15, 0.2) is 24.3 Å². The average Bonchev–Trinajstić information content (AvgIpc) is 2.27. The van der Waals surface area contributed by atoms with E-state index in [1.54, 1.807) is 18.2 Å². The number of nitrogens with one attached hydrogen (secondary N) is 1. The van der Waals surface area contributed by atoms with E-state index >= 15 is 0 Å². The molecule has 0 aliphatic rings. The van der Waals surface area contributed by atoms with Gasteiger partial charge in [0.25, 0.3) is 0 Å². The predicted octanol–water partition coefficient (Wildman–Crippen LogP) is 1.54. The summed E-state index contributed by atoms with van der Waals surface area (Å²) in [5.41, 5.74) is 11.1. The van der Waals surface area contributed by atoms with Gasteiger partial charge in [-0.1, -0.05) is 26.0 Å². The molecular formula is C12H19N3O2. The van der Waals surface area contributed by atoms with Crippen molar-refractivity contribution >= 4 is 11.7 Å². The Morgan fingerprint density at radius 2 is 2.06 bits per heavy atom. The molecule has 1 aromatic rings. The van der Waals surface area contributed by atoms with E-state index in [1.165, 1.54) is 0 Å². The van der Waals surface area contributed by atoms with Crippen LogP contribution in [0.4, 0.5) is 10.5 Å². The first-order valence-electron chi connectivity index (χ1n) is 5.43.